The fraction of sp³-hybridized carbons (Fsp3) is 0.455. The molecule has 0 radical (unpaired) electrons. The van der Waals surface area contributed by atoms with Crippen molar-refractivity contribution < 1.29 is 26.3 Å². The van der Waals surface area contributed by atoms with Gasteiger partial charge < -0.3 is 10.1 Å². The predicted molar refractivity (Wildman–Crippen MR) is 74.0 cm³/mol. The SMILES string of the molecule is CNC(C)CNS(=O)(=O)c1ccc(OC(F)F)c(F)c1.Cl. The average Bonchev–Trinajstić information content (AvgIpc) is 2.37. The molecule has 0 saturated carbocycles. The molecule has 0 heterocycles. The Balaban J connectivity index is 0.00000400. The van der Waals surface area contributed by atoms with E-state index in [4.69, 9.17) is 0 Å². The quantitative estimate of drug-likeness (QED) is 0.787. The van der Waals surface area contributed by atoms with E-state index in [9.17, 15) is 21.6 Å². The van der Waals surface area contributed by atoms with Gasteiger partial charge in [0.05, 0.1) is 4.90 Å². The molecule has 1 aromatic carbocycles. The van der Waals surface area contributed by atoms with Gasteiger partial charge in [0.1, 0.15) is 0 Å². The van der Waals surface area contributed by atoms with Crippen LogP contribution in [0.1, 0.15) is 6.92 Å². The molecule has 0 amide bonds. The van der Waals surface area contributed by atoms with E-state index in [1.165, 1.54) is 0 Å². The summed E-state index contributed by atoms with van der Waals surface area (Å²) < 4.78 is 67.2. The topological polar surface area (TPSA) is 67.4 Å². The van der Waals surface area contributed by atoms with E-state index in [0.717, 1.165) is 12.1 Å². The van der Waals surface area contributed by atoms with Crippen molar-refractivity contribution in [2.45, 2.75) is 24.5 Å². The lowest BCUT2D eigenvalue weighted by Gasteiger charge is -2.12. The van der Waals surface area contributed by atoms with Crippen LogP contribution in [0.4, 0.5) is 13.2 Å². The minimum atomic E-state index is -3.91. The second kappa shape index (κ2) is 8.42. The van der Waals surface area contributed by atoms with Crippen molar-refractivity contribution in [1.82, 2.24) is 10.0 Å². The summed E-state index contributed by atoms with van der Waals surface area (Å²) in [5.41, 5.74) is 0. The van der Waals surface area contributed by atoms with Crippen LogP contribution in [0.3, 0.4) is 0 Å². The minimum absolute atomic E-state index is 0. The Bertz CT molecular complexity index is 558. The fourth-order valence-corrected chi connectivity index (χ4v) is 2.40. The maximum absolute atomic E-state index is 13.4. The molecule has 0 spiro atoms. The molecule has 0 aliphatic rings. The second-order valence-corrected chi connectivity index (χ2v) is 5.78. The standard InChI is InChI=1S/C11H15F3N2O3S.ClH/c1-7(15-2)6-16-20(17,18)8-3-4-10(9(12)5-8)19-11(13)14;/h3-5,7,11,15-16H,6H2,1-2H3;1H. The monoisotopic (exact) mass is 348 g/mol. The molecule has 21 heavy (non-hydrogen) atoms. The third-order valence-corrected chi connectivity index (χ3v) is 3.92. The fourth-order valence-electron chi connectivity index (χ4n) is 1.26. The zero-order valence-electron chi connectivity index (χ0n) is 11.3. The predicted octanol–water partition coefficient (Wildman–Crippen LogP) is 1.74. The summed E-state index contributed by atoms with van der Waals surface area (Å²) in [6.07, 6.45) is 0. The molecule has 5 nitrogen and oxygen atoms in total. The first-order chi connectivity index (χ1) is 9.26. The number of benzene rings is 1. The Morgan fingerprint density at radius 2 is 1.95 bits per heavy atom. The van der Waals surface area contributed by atoms with E-state index in [1.54, 1.807) is 14.0 Å². The molecule has 0 aromatic heterocycles. The highest BCUT2D eigenvalue weighted by Gasteiger charge is 2.18. The van der Waals surface area contributed by atoms with Crippen LogP contribution < -0.4 is 14.8 Å². The van der Waals surface area contributed by atoms with E-state index in [2.05, 4.69) is 14.8 Å². The van der Waals surface area contributed by atoms with Gasteiger partial charge in [0.2, 0.25) is 10.0 Å². The molecule has 122 valence electrons. The first kappa shape index (κ1) is 20.0. The van der Waals surface area contributed by atoms with E-state index < -0.39 is 28.2 Å². The van der Waals surface area contributed by atoms with E-state index in [0.29, 0.717) is 6.07 Å². The number of hydrogen-bond donors (Lipinski definition) is 2. The molecule has 1 atom stereocenters. The highest BCUT2D eigenvalue weighted by Crippen LogP contribution is 2.22. The zero-order valence-corrected chi connectivity index (χ0v) is 12.9. The lowest BCUT2D eigenvalue weighted by atomic mass is 10.3. The van der Waals surface area contributed by atoms with Crippen molar-refractivity contribution in [3.05, 3.63) is 24.0 Å². The van der Waals surface area contributed by atoms with Crippen molar-refractivity contribution in [1.29, 1.82) is 0 Å². The molecule has 0 aliphatic carbocycles. The summed E-state index contributed by atoms with van der Waals surface area (Å²) in [6.45, 7) is -1.32. The summed E-state index contributed by atoms with van der Waals surface area (Å²) in [5, 5.41) is 2.83. The maximum atomic E-state index is 13.4. The number of rotatable bonds is 7. The van der Waals surface area contributed by atoms with Crippen LogP contribution in [-0.4, -0.2) is 34.7 Å². The number of alkyl halides is 2. The molecular weight excluding hydrogens is 333 g/mol. The van der Waals surface area contributed by atoms with Crippen molar-refractivity contribution in [2.24, 2.45) is 0 Å². The molecular formula is C11H16ClF3N2O3S. The van der Waals surface area contributed by atoms with Crippen molar-refractivity contribution in [3.63, 3.8) is 0 Å². The van der Waals surface area contributed by atoms with Gasteiger partial charge in [0, 0.05) is 12.6 Å². The third kappa shape index (κ3) is 6.08. The van der Waals surface area contributed by atoms with Crippen LogP contribution in [0.5, 0.6) is 5.75 Å². The Kier molecular flexibility index (Phi) is 8.01. The van der Waals surface area contributed by atoms with Crippen molar-refractivity contribution in [3.8, 4) is 5.75 Å². The number of halogens is 4. The van der Waals surface area contributed by atoms with Gasteiger partial charge in [0.15, 0.2) is 11.6 Å². The lowest BCUT2D eigenvalue weighted by Crippen LogP contribution is -2.37. The van der Waals surface area contributed by atoms with Gasteiger partial charge in [0.25, 0.3) is 0 Å². The molecule has 10 heteroatoms. The minimum Gasteiger partial charge on any atom is -0.432 e. The van der Waals surface area contributed by atoms with Gasteiger partial charge in [-0.05, 0) is 32.2 Å². The van der Waals surface area contributed by atoms with Gasteiger partial charge in [-0.2, -0.15) is 8.78 Å². The van der Waals surface area contributed by atoms with Gasteiger partial charge >= 0.3 is 6.61 Å². The van der Waals surface area contributed by atoms with E-state index in [1.807, 2.05) is 0 Å². The summed E-state index contributed by atoms with van der Waals surface area (Å²) in [7, 11) is -2.24. The Morgan fingerprint density at radius 3 is 2.43 bits per heavy atom. The van der Waals surface area contributed by atoms with Crippen molar-refractivity contribution >= 4 is 22.4 Å². The van der Waals surface area contributed by atoms with E-state index >= 15 is 0 Å². The smallest absolute Gasteiger partial charge is 0.387 e. The molecule has 0 bridgehead atoms. The number of nitrogens with one attached hydrogen (secondary N) is 2. The van der Waals surface area contributed by atoms with E-state index in [-0.39, 0.29) is 29.9 Å². The molecule has 2 N–H and O–H groups in total. The molecule has 0 fully saturated rings. The summed E-state index contributed by atoms with van der Waals surface area (Å²) >= 11 is 0. The number of hydrogen-bond acceptors (Lipinski definition) is 4. The second-order valence-electron chi connectivity index (χ2n) is 4.01. The maximum Gasteiger partial charge on any atom is 0.387 e. The number of likely N-dealkylation sites (N-methyl/N-ethyl adjacent to an activating group) is 1. The van der Waals surface area contributed by atoms with Gasteiger partial charge in [-0.1, -0.05) is 0 Å². The zero-order chi connectivity index (χ0) is 15.3. The number of sulfonamides is 1. The van der Waals surface area contributed by atoms with Crippen LogP contribution in [0.25, 0.3) is 0 Å². The van der Waals surface area contributed by atoms with Gasteiger partial charge in [-0.25, -0.2) is 17.5 Å². The Morgan fingerprint density at radius 1 is 1.33 bits per heavy atom. The Hall–Kier alpha value is -1.03. The lowest BCUT2D eigenvalue weighted by molar-refractivity contribution is -0.0522. The first-order valence-corrected chi connectivity index (χ1v) is 7.16. The highest BCUT2D eigenvalue weighted by atomic mass is 35.5. The van der Waals surface area contributed by atoms with Crippen LogP contribution in [0.15, 0.2) is 23.1 Å². The molecule has 1 aromatic rings. The van der Waals surface area contributed by atoms with Gasteiger partial charge in [-0.3, -0.25) is 0 Å². The molecule has 1 unspecified atom stereocenters. The van der Waals surface area contributed by atoms with Crippen LogP contribution >= 0.6 is 12.4 Å². The van der Waals surface area contributed by atoms with Crippen LogP contribution in [0.2, 0.25) is 0 Å². The summed E-state index contributed by atoms with van der Waals surface area (Å²) in [5.74, 6) is -1.88. The van der Waals surface area contributed by atoms with Crippen LogP contribution in [0, 0.1) is 5.82 Å². The summed E-state index contributed by atoms with van der Waals surface area (Å²) in [6, 6.07) is 2.35. The molecule has 0 aliphatic heterocycles. The normalized spacial score (nSPS) is 12.9. The largest absolute Gasteiger partial charge is 0.432 e. The third-order valence-electron chi connectivity index (χ3n) is 2.50. The first-order valence-electron chi connectivity index (χ1n) is 5.67. The highest BCUT2D eigenvalue weighted by molar-refractivity contribution is 7.89. The average molecular weight is 349 g/mol. The Labute approximate surface area is 127 Å². The summed E-state index contributed by atoms with van der Waals surface area (Å²) in [4.78, 5) is -0.361. The van der Waals surface area contributed by atoms with Gasteiger partial charge in [-0.15, -0.1) is 12.4 Å². The van der Waals surface area contributed by atoms with Crippen molar-refractivity contribution in [2.75, 3.05) is 13.6 Å². The van der Waals surface area contributed by atoms with Crippen LogP contribution in [-0.2, 0) is 10.0 Å². The molecule has 0 saturated heterocycles. The molecule has 1 rings (SSSR count). The number of ether oxygens (including phenoxy) is 1.